The van der Waals surface area contributed by atoms with Gasteiger partial charge in [-0.15, -0.1) is 0 Å². The summed E-state index contributed by atoms with van der Waals surface area (Å²) in [7, 11) is 0. The molecule has 1 fully saturated rings. The molecule has 1 aliphatic rings. The van der Waals surface area contributed by atoms with Gasteiger partial charge in [0.05, 0.1) is 25.4 Å². The van der Waals surface area contributed by atoms with Crippen molar-refractivity contribution in [3.05, 3.63) is 53.4 Å². The summed E-state index contributed by atoms with van der Waals surface area (Å²) in [6, 6.07) is 10.6. The molecule has 2 N–H and O–H groups in total. The molecular formula is C19H27N3O3. The summed E-state index contributed by atoms with van der Waals surface area (Å²) >= 11 is 0. The number of nitrogens with one attached hydrogen (secondary N) is 1. The van der Waals surface area contributed by atoms with Crippen LogP contribution in [0.15, 0.2) is 41.1 Å². The summed E-state index contributed by atoms with van der Waals surface area (Å²) < 4.78 is 10.8. The molecule has 2 heterocycles. The van der Waals surface area contributed by atoms with Crippen LogP contribution in [-0.4, -0.2) is 53.1 Å². The number of aromatic nitrogens is 1. The van der Waals surface area contributed by atoms with Crippen LogP contribution in [0.1, 0.15) is 23.7 Å². The monoisotopic (exact) mass is 345 g/mol. The molecule has 25 heavy (non-hydrogen) atoms. The third-order valence-corrected chi connectivity index (χ3v) is 4.96. The highest BCUT2D eigenvalue weighted by Crippen LogP contribution is 2.26. The van der Waals surface area contributed by atoms with Gasteiger partial charge in [-0.3, -0.25) is 4.90 Å². The number of aliphatic hydroxyl groups excluding tert-OH is 1. The van der Waals surface area contributed by atoms with E-state index < -0.39 is 5.54 Å². The molecule has 0 spiro atoms. The maximum atomic E-state index is 10.2. The van der Waals surface area contributed by atoms with E-state index in [1.807, 2.05) is 25.1 Å². The van der Waals surface area contributed by atoms with E-state index in [1.54, 1.807) is 6.26 Å². The van der Waals surface area contributed by atoms with Crippen molar-refractivity contribution in [3.63, 3.8) is 0 Å². The number of morpholine rings is 1. The first-order chi connectivity index (χ1) is 12.1. The first kappa shape index (κ1) is 18.1. The van der Waals surface area contributed by atoms with Crippen LogP contribution in [-0.2, 0) is 17.8 Å². The Bertz CT molecular complexity index is 661. The Hall–Kier alpha value is -1.73. The summed E-state index contributed by atoms with van der Waals surface area (Å²) in [5.41, 5.74) is 2.71. The fraction of sp³-hybridized carbons (Fsp3) is 0.526. The minimum Gasteiger partial charge on any atom is -0.394 e. The Balaban J connectivity index is 1.71. The van der Waals surface area contributed by atoms with Crippen LogP contribution in [0.25, 0.3) is 0 Å². The van der Waals surface area contributed by atoms with E-state index in [2.05, 4.69) is 34.4 Å². The van der Waals surface area contributed by atoms with Crippen LogP contribution >= 0.6 is 0 Å². The zero-order valence-corrected chi connectivity index (χ0v) is 14.9. The topological polar surface area (TPSA) is 70.8 Å². The second kappa shape index (κ2) is 8.10. The van der Waals surface area contributed by atoms with Gasteiger partial charge >= 0.3 is 0 Å². The zero-order chi connectivity index (χ0) is 17.7. The number of ether oxygens (including phenoxy) is 1. The van der Waals surface area contributed by atoms with Crippen LogP contribution in [0.5, 0.6) is 0 Å². The molecule has 1 aromatic heterocycles. The Morgan fingerprint density at radius 3 is 2.84 bits per heavy atom. The van der Waals surface area contributed by atoms with Gasteiger partial charge < -0.3 is 19.7 Å². The smallest absolute Gasteiger partial charge is 0.127 e. The van der Waals surface area contributed by atoms with E-state index in [9.17, 15) is 5.11 Å². The Kier molecular flexibility index (Phi) is 5.86. The van der Waals surface area contributed by atoms with Gasteiger partial charge in [0.25, 0.3) is 0 Å². The van der Waals surface area contributed by atoms with Crippen molar-refractivity contribution in [1.82, 2.24) is 15.4 Å². The molecule has 0 saturated carbocycles. The molecule has 0 bridgehead atoms. The van der Waals surface area contributed by atoms with E-state index in [4.69, 9.17) is 9.26 Å². The molecule has 0 aliphatic carbocycles. The number of hydrogen-bond donors (Lipinski definition) is 2. The number of aliphatic hydroxyl groups is 1. The van der Waals surface area contributed by atoms with Crippen molar-refractivity contribution in [1.29, 1.82) is 0 Å². The minimum absolute atomic E-state index is 0.0367. The second-order valence-corrected chi connectivity index (χ2v) is 6.91. The average molecular weight is 345 g/mol. The van der Waals surface area contributed by atoms with E-state index in [1.165, 1.54) is 5.56 Å². The van der Waals surface area contributed by atoms with Gasteiger partial charge in [-0.2, -0.15) is 0 Å². The predicted molar refractivity (Wildman–Crippen MR) is 95.0 cm³/mol. The zero-order valence-electron chi connectivity index (χ0n) is 14.9. The number of hydrogen-bond acceptors (Lipinski definition) is 6. The van der Waals surface area contributed by atoms with Crippen molar-refractivity contribution < 1.29 is 14.4 Å². The highest BCUT2D eigenvalue weighted by molar-refractivity contribution is 5.16. The van der Waals surface area contributed by atoms with Crippen LogP contribution in [0, 0.1) is 6.92 Å². The SMILES string of the molecule is Cc1conc1CNC[C@]1(CO)COC[C@@H](C)N1Cc1ccccc1. The van der Waals surface area contributed by atoms with Gasteiger partial charge in [0.2, 0.25) is 0 Å². The van der Waals surface area contributed by atoms with Crippen molar-refractivity contribution in [2.75, 3.05) is 26.4 Å². The molecule has 136 valence electrons. The summed E-state index contributed by atoms with van der Waals surface area (Å²) in [6.07, 6.45) is 1.65. The van der Waals surface area contributed by atoms with Gasteiger partial charge in [-0.1, -0.05) is 35.5 Å². The fourth-order valence-electron chi connectivity index (χ4n) is 3.40. The molecule has 1 aliphatic heterocycles. The van der Waals surface area contributed by atoms with Crippen molar-refractivity contribution >= 4 is 0 Å². The molecular weight excluding hydrogens is 318 g/mol. The van der Waals surface area contributed by atoms with Crippen LogP contribution in [0.4, 0.5) is 0 Å². The van der Waals surface area contributed by atoms with E-state index in [0.717, 1.165) is 17.8 Å². The molecule has 6 nitrogen and oxygen atoms in total. The lowest BCUT2D eigenvalue weighted by molar-refractivity contribution is -0.122. The molecule has 2 atom stereocenters. The molecule has 0 amide bonds. The standard InChI is InChI=1S/C19H27N3O3/c1-15-10-25-21-18(15)8-20-12-19(13-23)14-24-11-16(2)22(19)9-17-6-4-3-5-7-17/h3-7,10,16,20,23H,8-9,11-14H2,1-2H3/t16-,19+/m1/s1. The van der Waals surface area contributed by atoms with Crippen LogP contribution in [0.2, 0.25) is 0 Å². The van der Waals surface area contributed by atoms with Gasteiger partial charge in [0, 0.05) is 31.2 Å². The lowest BCUT2D eigenvalue weighted by atomic mass is 9.94. The number of benzene rings is 1. The molecule has 1 aromatic carbocycles. The van der Waals surface area contributed by atoms with Gasteiger partial charge in [0.1, 0.15) is 12.0 Å². The highest BCUT2D eigenvalue weighted by Gasteiger charge is 2.42. The summed E-state index contributed by atoms with van der Waals surface area (Å²) in [6.45, 7) is 7.36. The predicted octanol–water partition coefficient (Wildman–Crippen LogP) is 1.72. The minimum atomic E-state index is -0.453. The molecule has 0 unspecified atom stereocenters. The maximum absolute atomic E-state index is 10.2. The Morgan fingerprint density at radius 1 is 1.36 bits per heavy atom. The van der Waals surface area contributed by atoms with Crippen LogP contribution in [0.3, 0.4) is 0 Å². The molecule has 0 radical (unpaired) electrons. The highest BCUT2D eigenvalue weighted by atomic mass is 16.5. The van der Waals surface area contributed by atoms with Gasteiger partial charge in [-0.25, -0.2) is 0 Å². The first-order valence-electron chi connectivity index (χ1n) is 8.74. The largest absolute Gasteiger partial charge is 0.394 e. The number of aryl methyl sites for hydroxylation is 1. The van der Waals surface area contributed by atoms with Gasteiger partial charge in [0.15, 0.2) is 0 Å². The van der Waals surface area contributed by atoms with E-state index in [0.29, 0.717) is 26.3 Å². The van der Waals surface area contributed by atoms with Crippen molar-refractivity contribution in [2.24, 2.45) is 0 Å². The Labute approximate surface area is 148 Å². The van der Waals surface area contributed by atoms with E-state index >= 15 is 0 Å². The summed E-state index contributed by atoms with van der Waals surface area (Å²) in [5, 5.41) is 17.6. The lowest BCUT2D eigenvalue weighted by Crippen LogP contribution is -2.66. The Morgan fingerprint density at radius 2 is 2.16 bits per heavy atom. The number of rotatable bonds is 7. The average Bonchev–Trinajstić information content (AvgIpc) is 3.04. The summed E-state index contributed by atoms with van der Waals surface area (Å²) in [4.78, 5) is 2.36. The quantitative estimate of drug-likeness (QED) is 0.796. The van der Waals surface area contributed by atoms with Gasteiger partial charge in [-0.05, 0) is 19.4 Å². The van der Waals surface area contributed by atoms with E-state index in [-0.39, 0.29) is 12.6 Å². The third kappa shape index (κ3) is 4.10. The molecule has 3 rings (SSSR count). The molecule has 6 heteroatoms. The lowest BCUT2D eigenvalue weighted by Gasteiger charge is -2.49. The third-order valence-electron chi connectivity index (χ3n) is 4.96. The maximum Gasteiger partial charge on any atom is 0.127 e. The fourth-order valence-corrected chi connectivity index (χ4v) is 3.40. The summed E-state index contributed by atoms with van der Waals surface area (Å²) in [5.74, 6) is 0. The number of nitrogens with zero attached hydrogens (tertiary/aromatic N) is 2. The second-order valence-electron chi connectivity index (χ2n) is 6.91. The first-order valence-corrected chi connectivity index (χ1v) is 8.74. The van der Waals surface area contributed by atoms with Crippen molar-refractivity contribution in [3.8, 4) is 0 Å². The normalized spacial score (nSPS) is 24.5. The van der Waals surface area contributed by atoms with Crippen LogP contribution < -0.4 is 5.32 Å². The van der Waals surface area contributed by atoms with Crippen molar-refractivity contribution in [2.45, 2.75) is 38.5 Å². The molecule has 1 saturated heterocycles. The molecule has 2 aromatic rings.